The van der Waals surface area contributed by atoms with Crippen molar-refractivity contribution in [1.82, 2.24) is 9.88 Å². The number of hydrogen-bond acceptors (Lipinski definition) is 7. The molecule has 11 heteroatoms. The molecule has 44 heavy (non-hydrogen) atoms. The number of hydrogen-bond donors (Lipinski definition) is 2. The Morgan fingerprint density at radius 1 is 1.05 bits per heavy atom. The molecule has 2 aromatic carbocycles. The minimum atomic E-state index is -2.47. The van der Waals surface area contributed by atoms with Gasteiger partial charge in [-0.05, 0) is 81.6 Å². The SMILES string of the molecule is C[C@H](Cc1cccc(C=O)c1)N(C[C@H](O[Si](C)(C)C(C)(C)C)c1ccc(OC(=O)OC(C)(C)C)c2[nH]c(=O)ccc12)C(=O)O. The number of carboxylic acid groups (broad SMARTS) is 1. The summed E-state index contributed by atoms with van der Waals surface area (Å²) < 4.78 is 17.7. The van der Waals surface area contributed by atoms with Crippen molar-refractivity contribution in [3.63, 3.8) is 0 Å². The van der Waals surface area contributed by atoms with Gasteiger partial charge in [0.05, 0.1) is 18.2 Å². The zero-order chi connectivity index (χ0) is 33.0. The molecule has 0 bridgehead atoms. The van der Waals surface area contributed by atoms with Crippen molar-refractivity contribution in [2.24, 2.45) is 0 Å². The van der Waals surface area contributed by atoms with Crippen LogP contribution < -0.4 is 10.3 Å². The van der Waals surface area contributed by atoms with E-state index in [1.54, 1.807) is 57.2 Å². The van der Waals surface area contributed by atoms with Gasteiger partial charge in [0, 0.05) is 23.1 Å². The summed E-state index contributed by atoms with van der Waals surface area (Å²) in [6, 6.07) is 12.9. The van der Waals surface area contributed by atoms with E-state index in [1.807, 2.05) is 13.0 Å². The van der Waals surface area contributed by atoms with Crippen molar-refractivity contribution in [3.05, 3.63) is 75.6 Å². The van der Waals surface area contributed by atoms with Gasteiger partial charge in [-0.15, -0.1) is 0 Å². The predicted octanol–water partition coefficient (Wildman–Crippen LogP) is 7.33. The van der Waals surface area contributed by atoms with E-state index < -0.39 is 43.9 Å². The van der Waals surface area contributed by atoms with E-state index in [-0.39, 0.29) is 22.8 Å². The molecule has 2 N–H and O–H groups in total. The Morgan fingerprint density at radius 3 is 2.32 bits per heavy atom. The number of aromatic nitrogens is 1. The van der Waals surface area contributed by atoms with E-state index in [1.165, 1.54) is 11.0 Å². The maximum absolute atomic E-state index is 12.7. The number of amides is 1. The summed E-state index contributed by atoms with van der Waals surface area (Å²) in [5.41, 5.74) is 1.08. The van der Waals surface area contributed by atoms with Gasteiger partial charge in [0.15, 0.2) is 14.1 Å². The van der Waals surface area contributed by atoms with Gasteiger partial charge >= 0.3 is 12.2 Å². The number of ether oxygens (including phenoxy) is 2. The van der Waals surface area contributed by atoms with Gasteiger partial charge in [0.25, 0.3) is 0 Å². The molecule has 0 unspecified atom stereocenters. The smallest absolute Gasteiger partial charge is 0.465 e. The van der Waals surface area contributed by atoms with Crippen LogP contribution >= 0.6 is 0 Å². The summed E-state index contributed by atoms with van der Waals surface area (Å²) in [5, 5.41) is 10.7. The van der Waals surface area contributed by atoms with Crippen LogP contribution in [0.4, 0.5) is 9.59 Å². The molecule has 0 spiro atoms. The first kappa shape index (κ1) is 34.5. The lowest BCUT2D eigenvalue weighted by Gasteiger charge is -2.41. The molecule has 0 aliphatic heterocycles. The van der Waals surface area contributed by atoms with Crippen molar-refractivity contribution in [3.8, 4) is 5.75 Å². The van der Waals surface area contributed by atoms with E-state index in [0.717, 1.165) is 11.8 Å². The van der Waals surface area contributed by atoms with Gasteiger partial charge in [0.2, 0.25) is 5.56 Å². The highest BCUT2D eigenvalue weighted by atomic mass is 28.4. The van der Waals surface area contributed by atoms with Crippen LogP contribution in [0.15, 0.2) is 53.3 Å². The molecule has 0 saturated carbocycles. The number of pyridine rings is 1. The quantitative estimate of drug-likeness (QED) is 0.104. The lowest BCUT2D eigenvalue weighted by molar-refractivity contribution is 0.0208. The van der Waals surface area contributed by atoms with Crippen molar-refractivity contribution in [2.75, 3.05) is 6.54 Å². The van der Waals surface area contributed by atoms with Crippen molar-refractivity contribution in [1.29, 1.82) is 0 Å². The highest BCUT2D eigenvalue weighted by molar-refractivity contribution is 6.74. The van der Waals surface area contributed by atoms with Crippen molar-refractivity contribution in [2.45, 2.75) is 90.8 Å². The van der Waals surface area contributed by atoms with Crippen LogP contribution in [-0.4, -0.2) is 60.0 Å². The molecule has 0 aliphatic carbocycles. The Bertz CT molecular complexity index is 1570. The number of carbonyl (C=O) groups is 3. The molecule has 3 aromatic rings. The Labute approximate surface area is 259 Å². The van der Waals surface area contributed by atoms with E-state index in [2.05, 4.69) is 38.8 Å². The standard InChI is InChI=1S/C33H44N2O8Si/c1-21(17-22-11-10-12-23(18-22)20-36)35(30(38)39)19-27(43-44(8,9)33(5,6)7)24-13-15-26(41-31(40)42-32(2,3)4)29-25(24)14-16-28(37)34-29/h10-16,18,20-21,27H,17,19H2,1-9H3,(H,34,37)(H,38,39)/t21-,27+/m1/s1. The molecule has 0 aliphatic rings. The van der Waals surface area contributed by atoms with E-state index >= 15 is 0 Å². The van der Waals surface area contributed by atoms with Gasteiger partial charge < -0.3 is 28.9 Å². The molecular formula is C33H44N2O8Si. The molecule has 0 radical (unpaired) electrons. The van der Waals surface area contributed by atoms with Crippen LogP contribution in [0.1, 0.15) is 76.1 Å². The first-order valence-electron chi connectivity index (χ1n) is 14.6. The fourth-order valence-electron chi connectivity index (χ4n) is 4.58. The van der Waals surface area contributed by atoms with Crippen LogP contribution in [0.5, 0.6) is 5.75 Å². The third-order valence-corrected chi connectivity index (χ3v) is 12.3. The van der Waals surface area contributed by atoms with Crippen LogP contribution in [0, 0.1) is 0 Å². The Hall–Kier alpha value is -3.96. The first-order valence-corrected chi connectivity index (χ1v) is 17.5. The molecule has 1 aromatic heterocycles. The molecule has 0 fully saturated rings. The summed E-state index contributed by atoms with van der Waals surface area (Å²) in [6.45, 7) is 17.4. The van der Waals surface area contributed by atoms with Crippen LogP contribution in [-0.2, 0) is 15.6 Å². The average Bonchev–Trinajstić information content (AvgIpc) is 2.89. The molecule has 238 valence electrons. The number of benzene rings is 2. The zero-order valence-electron chi connectivity index (χ0n) is 27.0. The Kier molecular flexibility index (Phi) is 10.5. The van der Waals surface area contributed by atoms with Gasteiger partial charge in [0.1, 0.15) is 11.9 Å². The molecule has 2 atom stereocenters. The number of fused-ring (bicyclic) bond motifs is 1. The van der Waals surface area contributed by atoms with Gasteiger partial charge in [-0.1, -0.05) is 45.0 Å². The van der Waals surface area contributed by atoms with Crippen molar-refractivity contribution >= 4 is 37.8 Å². The molecule has 1 heterocycles. The monoisotopic (exact) mass is 624 g/mol. The van der Waals surface area contributed by atoms with Crippen LogP contribution in [0.25, 0.3) is 10.9 Å². The third kappa shape index (κ3) is 8.79. The number of carbonyl (C=O) groups excluding carboxylic acids is 2. The molecule has 0 saturated heterocycles. The highest BCUT2D eigenvalue weighted by Crippen LogP contribution is 2.42. The van der Waals surface area contributed by atoms with E-state index in [9.17, 15) is 24.3 Å². The lowest BCUT2D eigenvalue weighted by atomic mass is 10.0. The average molecular weight is 625 g/mol. The largest absolute Gasteiger partial charge is 0.514 e. The van der Waals surface area contributed by atoms with E-state index in [4.69, 9.17) is 13.9 Å². The predicted molar refractivity (Wildman–Crippen MR) is 172 cm³/mol. The number of aromatic amines is 1. The summed E-state index contributed by atoms with van der Waals surface area (Å²) in [6.07, 6.45) is -1.61. The van der Waals surface area contributed by atoms with Gasteiger partial charge in [-0.25, -0.2) is 9.59 Å². The number of aldehydes is 1. The topological polar surface area (TPSA) is 135 Å². The zero-order valence-corrected chi connectivity index (χ0v) is 28.0. The number of rotatable bonds is 10. The molecule has 3 rings (SSSR count). The van der Waals surface area contributed by atoms with Crippen molar-refractivity contribution < 1.29 is 33.4 Å². The van der Waals surface area contributed by atoms with Gasteiger partial charge in [-0.2, -0.15) is 0 Å². The fourth-order valence-corrected chi connectivity index (χ4v) is 5.84. The number of nitrogens with zero attached hydrogens (tertiary/aromatic N) is 1. The van der Waals surface area contributed by atoms with Gasteiger partial charge in [-0.3, -0.25) is 9.59 Å². The fraction of sp³-hybridized carbons (Fsp3) is 0.455. The summed E-state index contributed by atoms with van der Waals surface area (Å²) in [5.74, 6) is 0.0975. The molecule has 1 amide bonds. The number of H-pyrrole nitrogens is 1. The molecule has 10 nitrogen and oxygen atoms in total. The first-order chi connectivity index (χ1) is 20.3. The Morgan fingerprint density at radius 2 is 1.73 bits per heavy atom. The van der Waals surface area contributed by atoms with Crippen LogP contribution in [0.2, 0.25) is 18.1 Å². The maximum atomic E-state index is 12.7. The Balaban J connectivity index is 2.10. The van der Waals surface area contributed by atoms with E-state index in [0.29, 0.717) is 22.9 Å². The minimum absolute atomic E-state index is 0.00310. The summed E-state index contributed by atoms with van der Waals surface area (Å²) in [4.78, 5) is 53.0. The minimum Gasteiger partial charge on any atom is -0.465 e. The second kappa shape index (κ2) is 13.4. The lowest BCUT2D eigenvalue weighted by Crippen LogP contribution is -2.47. The molecular weight excluding hydrogens is 580 g/mol. The maximum Gasteiger partial charge on any atom is 0.514 e. The second-order valence-corrected chi connectivity index (χ2v) is 18.3. The summed E-state index contributed by atoms with van der Waals surface area (Å²) >= 11 is 0. The third-order valence-electron chi connectivity index (χ3n) is 7.82. The second-order valence-electron chi connectivity index (χ2n) is 13.5. The highest BCUT2D eigenvalue weighted by Gasteiger charge is 2.41. The number of nitrogens with one attached hydrogen (secondary N) is 1. The summed E-state index contributed by atoms with van der Waals surface area (Å²) in [7, 11) is -2.47. The van der Waals surface area contributed by atoms with Crippen LogP contribution in [0.3, 0.4) is 0 Å². The normalized spacial score (nSPS) is 13.7.